The second kappa shape index (κ2) is 4.27. The normalized spacial score (nSPS) is 21.3. The summed E-state index contributed by atoms with van der Waals surface area (Å²) in [5, 5.41) is 0. The van der Waals surface area contributed by atoms with E-state index in [9.17, 15) is 4.79 Å². The Morgan fingerprint density at radius 3 is 2.53 bits per heavy atom. The summed E-state index contributed by atoms with van der Waals surface area (Å²) in [5.74, 6) is 0.382. The molecule has 1 aliphatic rings. The van der Waals surface area contributed by atoms with Gasteiger partial charge in [0.15, 0.2) is 0 Å². The van der Waals surface area contributed by atoms with Crippen LogP contribution in [0.2, 0.25) is 19.6 Å². The molecular formula is C11H19NO2Si. The van der Waals surface area contributed by atoms with Crippen molar-refractivity contribution in [1.29, 1.82) is 0 Å². The maximum absolute atomic E-state index is 11.4. The SMILES string of the molecule is CC(C)[C@H]1COC(=O)N1C#C[Si](C)(C)C. The van der Waals surface area contributed by atoms with Crippen LogP contribution >= 0.6 is 0 Å². The van der Waals surface area contributed by atoms with Crippen molar-refractivity contribution in [2.45, 2.75) is 39.5 Å². The monoisotopic (exact) mass is 225 g/mol. The molecule has 0 saturated carbocycles. The van der Waals surface area contributed by atoms with Gasteiger partial charge >= 0.3 is 6.09 Å². The van der Waals surface area contributed by atoms with Crippen molar-refractivity contribution in [2.24, 2.45) is 5.92 Å². The first-order valence-corrected chi connectivity index (χ1v) is 8.80. The largest absolute Gasteiger partial charge is 0.446 e. The fourth-order valence-corrected chi connectivity index (χ4v) is 1.74. The van der Waals surface area contributed by atoms with Gasteiger partial charge in [-0.05, 0) is 5.92 Å². The third-order valence-corrected chi connectivity index (χ3v) is 3.09. The number of amides is 1. The number of carbonyl (C=O) groups is 1. The van der Waals surface area contributed by atoms with Crippen molar-refractivity contribution in [3.63, 3.8) is 0 Å². The molecule has 1 amide bonds. The molecule has 1 rings (SSSR count). The number of ether oxygens (including phenoxy) is 1. The van der Waals surface area contributed by atoms with E-state index in [0.717, 1.165) is 0 Å². The first-order chi connectivity index (χ1) is 6.81. The Kier molecular flexibility index (Phi) is 3.45. The molecule has 1 saturated heterocycles. The Hall–Kier alpha value is -0.953. The van der Waals surface area contributed by atoms with Crippen LogP contribution < -0.4 is 0 Å². The summed E-state index contributed by atoms with van der Waals surface area (Å²) in [4.78, 5) is 13.0. The van der Waals surface area contributed by atoms with Crippen molar-refractivity contribution in [2.75, 3.05) is 6.61 Å². The van der Waals surface area contributed by atoms with Crippen molar-refractivity contribution in [3.05, 3.63) is 0 Å². The van der Waals surface area contributed by atoms with E-state index in [1.54, 1.807) is 4.90 Å². The van der Waals surface area contributed by atoms with Gasteiger partial charge in [0.05, 0.1) is 6.04 Å². The zero-order valence-electron chi connectivity index (χ0n) is 10.1. The molecule has 1 aliphatic heterocycles. The predicted octanol–water partition coefficient (Wildman–Crippen LogP) is 2.30. The highest BCUT2D eigenvalue weighted by Gasteiger charge is 2.34. The molecule has 3 nitrogen and oxygen atoms in total. The molecule has 1 atom stereocenters. The maximum atomic E-state index is 11.4. The average molecular weight is 225 g/mol. The fraction of sp³-hybridized carbons (Fsp3) is 0.727. The Morgan fingerprint density at radius 1 is 1.47 bits per heavy atom. The third kappa shape index (κ3) is 3.28. The van der Waals surface area contributed by atoms with E-state index in [1.165, 1.54) is 0 Å². The van der Waals surface area contributed by atoms with Crippen molar-refractivity contribution >= 4 is 14.2 Å². The standard InChI is InChI=1S/C11H19NO2Si/c1-9(2)10-8-14-11(13)12(10)6-7-15(3,4)5/h9-10H,8H2,1-5H3/t10-/m1/s1. The highest BCUT2D eigenvalue weighted by Crippen LogP contribution is 2.18. The maximum Gasteiger partial charge on any atom is 0.421 e. The van der Waals surface area contributed by atoms with Crippen LogP contribution in [0.15, 0.2) is 0 Å². The molecule has 1 fully saturated rings. The molecule has 15 heavy (non-hydrogen) atoms. The number of hydrogen-bond donors (Lipinski definition) is 0. The van der Waals surface area contributed by atoms with Crippen molar-refractivity contribution in [1.82, 2.24) is 4.90 Å². The Labute approximate surface area is 92.8 Å². The lowest BCUT2D eigenvalue weighted by Crippen LogP contribution is -2.34. The van der Waals surface area contributed by atoms with Gasteiger partial charge in [-0.3, -0.25) is 0 Å². The topological polar surface area (TPSA) is 29.5 Å². The quantitative estimate of drug-likeness (QED) is 0.506. The first kappa shape index (κ1) is 12.1. The summed E-state index contributed by atoms with van der Waals surface area (Å²) >= 11 is 0. The van der Waals surface area contributed by atoms with Gasteiger partial charge in [-0.15, -0.1) is 5.54 Å². The summed E-state index contributed by atoms with van der Waals surface area (Å²) in [6.45, 7) is 11.1. The molecule has 0 aliphatic carbocycles. The number of hydrogen-bond acceptors (Lipinski definition) is 2. The van der Waals surface area contributed by atoms with E-state index >= 15 is 0 Å². The molecule has 84 valence electrons. The smallest absolute Gasteiger partial charge is 0.421 e. The highest BCUT2D eigenvalue weighted by atomic mass is 28.3. The van der Waals surface area contributed by atoms with E-state index in [2.05, 4.69) is 45.1 Å². The minimum Gasteiger partial charge on any atom is -0.446 e. The zero-order valence-corrected chi connectivity index (χ0v) is 11.1. The van der Waals surface area contributed by atoms with Crippen LogP contribution in [0.3, 0.4) is 0 Å². The van der Waals surface area contributed by atoms with Crippen LogP contribution in [0.4, 0.5) is 4.79 Å². The molecule has 0 aromatic carbocycles. The van der Waals surface area contributed by atoms with Crippen LogP contribution in [0, 0.1) is 17.5 Å². The lowest BCUT2D eigenvalue weighted by atomic mass is 10.1. The first-order valence-electron chi connectivity index (χ1n) is 5.30. The lowest BCUT2D eigenvalue weighted by molar-refractivity contribution is 0.167. The van der Waals surface area contributed by atoms with E-state index in [1.807, 2.05) is 0 Å². The molecule has 1 heterocycles. The van der Waals surface area contributed by atoms with Gasteiger partial charge < -0.3 is 4.74 Å². The zero-order chi connectivity index (χ0) is 11.6. The van der Waals surface area contributed by atoms with Crippen molar-refractivity contribution < 1.29 is 9.53 Å². The molecule has 0 bridgehead atoms. The van der Waals surface area contributed by atoms with E-state index in [-0.39, 0.29) is 12.1 Å². The summed E-state index contributed by atoms with van der Waals surface area (Å²) in [6.07, 6.45) is -0.292. The third-order valence-electron chi connectivity index (χ3n) is 2.23. The molecule has 0 unspecified atom stereocenters. The number of carbonyl (C=O) groups excluding carboxylic acids is 1. The Balaban J connectivity index is 2.81. The Morgan fingerprint density at radius 2 is 2.07 bits per heavy atom. The van der Waals surface area contributed by atoms with Crippen LogP contribution in [0.5, 0.6) is 0 Å². The second-order valence-corrected chi connectivity index (χ2v) is 10.00. The number of cyclic esters (lactones) is 1. The lowest BCUT2D eigenvalue weighted by Gasteiger charge is -2.18. The van der Waals surface area contributed by atoms with Gasteiger partial charge in [0.2, 0.25) is 0 Å². The highest BCUT2D eigenvalue weighted by molar-refractivity contribution is 6.83. The Bertz CT molecular complexity index is 309. The van der Waals surface area contributed by atoms with Crippen LogP contribution in [0.25, 0.3) is 0 Å². The number of nitrogens with zero attached hydrogens (tertiary/aromatic N) is 1. The second-order valence-electron chi connectivity index (χ2n) is 5.25. The minimum atomic E-state index is -1.43. The average Bonchev–Trinajstić information content (AvgIpc) is 2.42. The van der Waals surface area contributed by atoms with Gasteiger partial charge in [0.1, 0.15) is 14.7 Å². The van der Waals surface area contributed by atoms with Crippen molar-refractivity contribution in [3.8, 4) is 11.6 Å². The van der Waals surface area contributed by atoms with Crippen LogP contribution in [-0.4, -0.2) is 31.7 Å². The summed E-state index contributed by atoms with van der Waals surface area (Å²) in [5.41, 5.74) is 3.19. The van der Waals surface area contributed by atoms with E-state index in [4.69, 9.17) is 4.74 Å². The van der Waals surface area contributed by atoms with Gasteiger partial charge in [-0.25, -0.2) is 9.69 Å². The molecule has 0 aromatic heterocycles. The summed E-state index contributed by atoms with van der Waals surface area (Å²) in [7, 11) is -1.43. The summed E-state index contributed by atoms with van der Waals surface area (Å²) in [6, 6.07) is 3.09. The van der Waals surface area contributed by atoms with Crippen LogP contribution in [-0.2, 0) is 4.74 Å². The number of rotatable bonds is 1. The fourth-order valence-electron chi connectivity index (χ4n) is 1.28. The van der Waals surface area contributed by atoms with Gasteiger partial charge in [0.25, 0.3) is 0 Å². The van der Waals surface area contributed by atoms with Gasteiger partial charge in [-0.2, -0.15) is 0 Å². The molecular weight excluding hydrogens is 206 g/mol. The minimum absolute atomic E-state index is 0.112. The molecule has 0 N–H and O–H groups in total. The van der Waals surface area contributed by atoms with Gasteiger partial charge in [-0.1, -0.05) is 33.5 Å². The summed E-state index contributed by atoms with van der Waals surface area (Å²) < 4.78 is 5.00. The molecule has 0 spiro atoms. The van der Waals surface area contributed by atoms with E-state index < -0.39 is 8.07 Å². The van der Waals surface area contributed by atoms with Gasteiger partial charge in [0, 0.05) is 6.04 Å². The van der Waals surface area contributed by atoms with Crippen LogP contribution in [0.1, 0.15) is 13.8 Å². The molecule has 0 radical (unpaired) electrons. The van der Waals surface area contributed by atoms with E-state index in [0.29, 0.717) is 12.5 Å². The molecule has 4 heteroatoms. The predicted molar refractivity (Wildman–Crippen MR) is 62.9 cm³/mol. The molecule has 0 aromatic rings.